The van der Waals surface area contributed by atoms with Crippen LogP contribution in [0.25, 0.3) is 0 Å². The molecular formula is C20H26N2O4. The summed E-state index contributed by atoms with van der Waals surface area (Å²) in [5.74, 6) is 0.743. The number of hydrogen-bond acceptors (Lipinski definition) is 4. The maximum atomic E-state index is 12.3. The number of nitrogens with one attached hydrogen (secondary N) is 1. The van der Waals surface area contributed by atoms with Gasteiger partial charge in [0.2, 0.25) is 5.91 Å². The Balaban J connectivity index is 1.41. The van der Waals surface area contributed by atoms with Crippen molar-refractivity contribution in [1.82, 2.24) is 10.2 Å². The van der Waals surface area contributed by atoms with E-state index in [0.29, 0.717) is 49.7 Å². The number of ketones is 1. The summed E-state index contributed by atoms with van der Waals surface area (Å²) in [4.78, 5) is 37.7. The zero-order chi connectivity index (χ0) is 18.5. The number of likely N-dealkylation sites (tertiary alicyclic amines) is 1. The highest BCUT2D eigenvalue weighted by Gasteiger charge is 2.31. The smallest absolute Gasteiger partial charge is 0.260 e. The van der Waals surface area contributed by atoms with E-state index in [1.165, 1.54) is 0 Å². The minimum Gasteiger partial charge on any atom is -0.484 e. The molecule has 3 rings (SSSR count). The van der Waals surface area contributed by atoms with Gasteiger partial charge in [-0.2, -0.15) is 0 Å². The van der Waals surface area contributed by atoms with Gasteiger partial charge in [-0.3, -0.25) is 14.4 Å². The molecule has 1 saturated heterocycles. The van der Waals surface area contributed by atoms with Crippen LogP contribution in [0.3, 0.4) is 0 Å². The van der Waals surface area contributed by atoms with Gasteiger partial charge in [-0.15, -0.1) is 0 Å². The summed E-state index contributed by atoms with van der Waals surface area (Å²) in [7, 11) is 0. The van der Waals surface area contributed by atoms with Crippen LogP contribution in [0.4, 0.5) is 0 Å². The van der Waals surface area contributed by atoms with Crippen LogP contribution in [0.15, 0.2) is 24.3 Å². The maximum Gasteiger partial charge on any atom is 0.260 e. The van der Waals surface area contributed by atoms with Gasteiger partial charge < -0.3 is 15.0 Å². The number of piperidine rings is 1. The van der Waals surface area contributed by atoms with Crippen LogP contribution in [0.1, 0.15) is 49.4 Å². The van der Waals surface area contributed by atoms with Crippen LogP contribution in [0, 0.1) is 5.92 Å². The second kappa shape index (κ2) is 8.34. The number of rotatable bonds is 7. The third-order valence-electron chi connectivity index (χ3n) is 5.00. The Morgan fingerprint density at radius 3 is 2.31 bits per heavy atom. The quantitative estimate of drug-likeness (QED) is 0.758. The number of Topliss-reactive ketones (excluding diaryl/α,β-unsaturated/α-hetero) is 1. The average molecular weight is 358 g/mol. The molecule has 1 heterocycles. The van der Waals surface area contributed by atoms with Crippen molar-refractivity contribution in [3.05, 3.63) is 29.8 Å². The predicted octanol–water partition coefficient (Wildman–Crippen LogP) is 2.18. The van der Waals surface area contributed by atoms with Crippen LogP contribution in [0.5, 0.6) is 5.75 Å². The molecule has 6 nitrogen and oxygen atoms in total. The molecule has 2 aliphatic rings. The highest BCUT2D eigenvalue weighted by Crippen LogP contribution is 2.23. The SMILES string of the molecule is CCC(=O)c1ccc(OCC(=O)N2CCC(C(=O)NC3CC3)CC2)cc1. The van der Waals surface area contributed by atoms with Crippen molar-refractivity contribution in [2.24, 2.45) is 5.92 Å². The summed E-state index contributed by atoms with van der Waals surface area (Å²) in [6, 6.07) is 7.25. The first kappa shape index (κ1) is 18.4. The number of hydrogen-bond donors (Lipinski definition) is 1. The molecule has 1 aromatic carbocycles. The third kappa shape index (κ3) is 4.84. The summed E-state index contributed by atoms with van der Waals surface area (Å²) >= 11 is 0. The molecular weight excluding hydrogens is 332 g/mol. The maximum absolute atomic E-state index is 12.3. The van der Waals surface area contributed by atoms with Gasteiger partial charge in [0.05, 0.1) is 0 Å². The lowest BCUT2D eigenvalue weighted by molar-refractivity contribution is -0.137. The first-order valence-electron chi connectivity index (χ1n) is 9.41. The summed E-state index contributed by atoms with van der Waals surface area (Å²) in [6.07, 6.45) is 4.06. The molecule has 1 aromatic rings. The summed E-state index contributed by atoms with van der Waals surface area (Å²) in [6.45, 7) is 2.98. The van der Waals surface area contributed by atoms with Gasteiger partial charge in [-0.1, -0.05) is 6.92 Å². The zero-order valence-corrected chi connectivity index (χ0v) is 15.2. The second-order valence-electron chi connectivity index (χ2n) is 7.03. The van der Waals surface area contributed by atoms with E-state index in [9.17, 15) is 14.4 Å². The van der Waals surface area contributed by atoms with E-state index in [-0.39, 0.29) is 30.1 Å². The Hall–Kier alpha value is -2.37. The summed E-state index contributed by atoms with van der Waals surface area (Å²) in [5.41, 5.74) is 0.651. The van der Waals surface area contributed by atoms with Gasteiger partial charge in [0.25, 0.3) is 5.91 Å². The van der Waals surface area contributed by atoms with Crippen LogP contribution >= 0.6 is 0 Å². The molecule has 2 fully saturated rings. The van der Waals surface area contributed by atoms with Crippen molar-refractivity contribution in [1.29, 1.82) is 0 Å². The van der Waals surface area contributed by atoms with Crippen molar-refractivity contribution in [2.45, 2.75) is 45.1 Å². The molecule has 0 radical (unpaired) electrons. The normalized spacial score (nSPS) is 17.7. The number of nitrogens with zero attached hydrogens (tertiary/aromatic N) is 1. The largest absolute Gasteiger partial charge is 0.484 e. The molecule has 0 atom stereocenters. The van der Waals surface area contributed by atoms with Gasteiger partial charge in [-0.25, -0.2) is 0 Å². The van der Waals surface area contributed by atoms with Crippen molar-refractivity contribution in [3.63, 3.8) is 0 Å². The van der Waals surface area contributed by atoms with E-state index in [4.69, 9.17) is 4.74 Å². The topological polar surface area (TPSA) is 75.7 Å². The highest BCUT2D eigenvalue weighted by molar-refractivity contribution is 5.95. The molecule has 1 saturated carbocycles. The van der Waals surface area contributed by atoms with Gasteiger partial charge in [0, 0.05) is 37.0 Å². The lowest BCUT2D eigenvalue weighted by Gasteiger charge is -2.31. The Morgan fingerprint density at radius 1 is 1.08 bits per heavy atom. The molecule has 140 valence electrons. The van der Waals surface area contributed by atoms with Gasteiger partial charge in [-0.05, 0) is 49.9 Å². The van der Waals surface area contributed by atoms with E-state index in [1.807, 2.05) is 6.92 Å². The van der Waals surface area contributed by atoms with Gasteiger partial charge >= 0.3 is 0 Å². The minimum absolute atomic E-state index is 0.0178. The number of carbonyl (C=O) groups is 3. The Kier molecular flexibility index (Phi) is 5.91. The van der Waals surface area contributed by atoms with E-state index >= 15 is 0 Å². The average Bonchev–Trinajstić information content (AvgIpc) is 3.50. The molecule has 1 N–H and O–H groups in total. The predicted molar refractivity (Wildman–Crippen MR) is 97.0 cm³/mol. The molecule has 0 aromatic heterocycles. The van der Waals surface area contributed by atoms with Crippen molar-refractivity contribution in [2.75, 3.05) is 19.7 Å². The Morgan fingerprint density at radius 2 is 1.73 bits per heavy atom. The fraction of sp³-hybridized carbons (Fsp3) is 0.550. The molecule has 0 spiro atoms. The van der Waals surface area contributed by atoms with E-state index in [0.717, 1.165) is 12.8 Å². The van der Waals surface area contributed by atoms with Crippen molar-refractivity contribution < 1.29 is 19.1 Å². The molecule has 1 aliphatic heterocycles. The molecule has 26 heavy (non-hydrogen) atoms. The lowest BCUT2D eigenvalue weighted by Crippen LogP contribution is -2.44. The number of ether oxygens (including phenoxy) is 1. The Labute approximate surface area is 153 Å². The van der Waals surface area contributed by atoms with E-state index < -0.39 is 0 Å². The minimum atomic E-state index is -0.0697. The fourth-order valence-electron chi connectivity index (χ4n) is 3.12. The highest BCUT2D eigenvalue weighted by atomic mass is 16.5. The van der Waals surface area contributed by atoms with Crippen LogP contribution in [0.2, 0.25) is 0 Å². The van der Waals surface area contributed by atoms with Gasteiger partial charge in [0.15, 0.2) is 12.4 Å². The first-order valence-corrected chi connectivity index (χ1v) is 9.41. The molecule has 1 aliphatic carbocycles. The van der Waals surface area contributed by atoms with Crippen LogP contribution in [-0.2, 0) is 9.59 Å². The molecule has 2 amide bonds. The summed E-state index contributed by atoms with van der Waals surface area (Å²) in [5, 5.41) is 3.04. The van der Waals surface area contributed by atoms with Crippen LogP contribution in [-0.4, -0.2) is 48.2 Å². The molecule has 0 unspecified atom stereocenters. The first-order chi connectivity index (χ1) is 12.6. The summed E-state index contributed by atoms with van der Waals surface area (Å²) < 4.78 is 5.54. The van der Waals surface area contributed by atoms with E-state index in [1.54, 1.807) is 29.2 Å². The monoisotopic (exact) mass is 358 g/mol. The number of carbonyl (C=O) groups excluding carboxylic acids is 3. The molecule has 6 heteroatoms. The van der Waals surface area contributed by atoms with E-state index in [2.05, 4.69) is 5.32 Å². The fourth-order valence-corrected chi connectivity index (χ4v) is 3.12. The van der Waals surface area contributed by atoms with Crippen LogP contribution < -0.4 is 10.1 Å². The number of amides is 2. The van der Waals surface area contributed by atoms with Crippen molar-refractivity contribution >= 4 is 17.6 Å². The number of benzene rings is 1. The Bertz CT molecular complexity index is 659. The lowest BCUT2D eigenvalue weighted by atomic mass is 9.96. The van der Waals surface area contributed by atoms with Gasteiger partial charge in [0.1, 0.15) is 5.75 Å². The third-order valence-corrected chi connectivity index (χ3v) is 5.00. The zero-order valence-electron chi connectivity index (χ0n) is 15.2. The second-order valence-corrected chi connectivity index (χ2v) is 7.03. The van der Waals surface area contributed by atoms with Crippen molar-refractivity contribution in [3.8, 4) is 5.75 Å². The standard InChI is InChI=1S/C20H26N2O4/c1-2-18(23)14-3-7-17(8-4-14)26-13-19(24)22-11-9-15(10-12-22)20(25)21-16-5-6-16/h3-4,7-8,15-16H,2,5-6,9-13H2,1H3,(H,21,25). The molecule has 0 bridgehead atoms.